The fourth-order valence-corrected chi connectivity index (χ4v) is 3.92. The van der Waals surface area contributed by atoms with Crippen molar-refractivity contribution in [3.05, 3.63) is 99.6 Å². The average Bonchev–Trinajstić information content (AvgIpc) is 3.17. The van der Waals surface area contributed by atoms with Gasteiger partial charge in [-0.3, -0.25) is 14.9 Å². The first-order chi connectivity index (χ1) is 17.5. The number of nitro groups is 1. The zero-order valence-corrected chi connectivity index (χ0v) is 21.1. The molecule has 190 valence electrons. The van der Waals surface area contributed by atoms with Gasteiger partial charge in [0.05, 0.1) is 16.2 Å². The van der Waals surface area contributed by atoms with E-state index < -0.39 is 16.6 Å². The van der Waals surface area contributed by atoms with Gasteiger partial charge < -0.3 is 20.3 Å². The third-order valence-corrected chi connectivity index (χ3v) is 5.62. The Hall–Kier alpha value is -4.66. The topological polar surface area (TPSA) is 114 Å². The summed E-state index contributed by atoms with van der Waals surface area (Å²) in [6, 6.07) is 21.1. The maximum Gasteiger partial charge on any atom is 0.410 e. The van der Waals surface area contributed by atoms with Crippen molar-refractivity contribution in [3.8, 4) is 0 Å². The van der Waals surface area contributed by atoms with Crippen LogP contribution in [0.3, 0.4) is 0 Å². The number of carbonyl (C=O) groups is 2. The van der Waals surface area contributed by atoms with Gasteiger partial charge in [-0.05, 0) is 50.1 Å². The number of amides is 2. The molecule has 0 saturated heterocycles. The molecule has 3 aromatic carbocycles. The van der Waals surface area contributed by atoms with E-state index in [1.165, 1.54) is 23.1 Å². The lowest BCUT2D eigenvalue weighted by Crippen LogP contribution is -2.33. The number of nitrogens with zero attached hydrogens (tertiary/aromatic N) is 2. The summed E-state index contributed by atoms with van der Waals surface area (Å²) in [5.41, 5.74) is 3.50. The maximum absolute atomic E-state index is 13.0. The van der Waals surface area contributed by atoms with Crippen LogP contribution in [0.15, 0.2) is 72.8 Å². The number of fused-ring (bicyclic) bond motifs is 1. The lowest BCUT2D eigenvalue weighted by molar-refractivity contribution is -0.384. The molecule has 0 atom stereocenters. The number of nitrogens with one attached hydrogen (secondary N) is 2. The van der Waals surface area contributed by atoms with E-state index >= 15 is 0 Å². The van der Waals surface area contributed by atoms with Crippen LogP contribution in [-0.2, 0) is 16.1 Å². The van der Waals surface area contributed by atoms with E-state index in [4.69, 9.17) is 4.74 Å². The highest BCUT2D eigenvalue weighted by molar-refractivity contribution is 6.37. The van der Waals surface area contributed by atoms with Crippen LogP contribution in [0.25, 0.3) is 11.3 Å². The highest BCUT2D eigenvalue weighted by Gasteiger charge is 2.30. The first-order valence-corrected chi connectivity index (χ1v) is 11.7. The molecule has 0 unspecified atom stereocenters. The number of non-ortho nitro benzene ring substituents is 1. The van der Waals surface area contributed by atoms with Crippen molar-refractivity contribution in [1.82, 2.24) is 4.90 Å². The standard InChI is InChI=1S/C28H28N4O5/c1-28(2,3)37-27(34)31(4)17-18-10-12-20(13-11-18)29-25(19-8-6-5-7-9-19)24-22-16-21(32(35)36)14-15-23(22)30-26(24)33/h5-16,29H,17H2,1-4H3,(H,30,33)/b25-24-. The van der Waals surface area contributed by atoms with Crippen LogP contribution in [-0.4, -0.2) is 34.5 Å². The summed E-state index contributed by atoms with van der Waals surface area (Å²) in [7, 11) is 1.67. The van der Waals surface area contributed by atoms with Crippen molar-refractivity contribution < 1.29 is 19.2 Å². The highest BCUT2D eigenvalue weighted by Crippen LogP contribution is 2.39. The molecule has 1 heterocycles. The van der Waals surface area contributed by atoms with Crippen LogP contribution in [0.5, 0.6) is 0 Å². The maximum atomic E-state index is 13.0. The summed E-state index contributed by atoms with van der Waals surface area (Å²) in [6.07, 6.45) is -0.411. The Bertz CT molecular complexity index is 1380. The number of rotatable bonds is 6. The number of anilines is 2. The minimum absolute atomic E-state index is 0.0985. The molecule has 4 rings (SSSR count). The minimum atomic E-state index is -0.577. The van der Waals surface area contributed by atoms with E-state index in [-0.39, 0.29) is 11.6 Å². The Balaban J connectivity index is 1.65. The second-order valence-electron chi connectivity index (χ2n) is 9.72. The number of hydrogen-bond acceptors (Lipinski definition) is 6. The fraction of sp³-hybridized carbons (Fsp3) is 0.214. The second-order valence-corrected chi connectivity index (χ2v) is 9.72. The Morgan fingerprint density at radius 3 is 2.35 bits per heavy atom. The molecular weight excluding hydrogens is 472 g/mol. The fourth-order valence-electron chi connectivity index (χ4n) is 3.92. The first-order valence-electron chi connectivity index (χ1n) is 11.7. The second kappa shape index (κ2) is 10.1. The average molecular weight is 501 g/mol. The third-order valence-electron chi connectivity index (χ3n) is 5.62. The summed E-state index contributed by atoms with van der Waals surface area (Å²) < 4.78 is 5.40. The van der Waals surface area contributed by atoms with E-state index in [0.29, 0.717) is 34.8 Å². The summed E-state index contributed by atoms with van der Waals surface area (Å²) in [5, 5.41) is 17.5. The van der Waals surface area contributed by atoms with E-state index in [1.54, 1.807) is 7.05 Å². The molecule has 3 aromatic rings. The molecule has 0 radical (unpaired) electrons. The summed E-state index contributed by atoms with van der Waals surface area (Å²) >= 11 is 0. The first kappa shape index (κ1) is 25.4. The van der Waals surface area contributed by atoms with Gasteiger partial charge in [0.2, 0.25) is 0 Å². The van der Waals surface area contributed by atoms with Crippen molar-refractivity contribution in [2.45, 2.75) is 32.9 Å². The smallest absolute Gasteiger partial charge is 0.410 e. The van der Waals surface area contributed by atoms with Gasteiger partial charge in [-0.15, -0.1) is 0 Å². The van der Waals surface area contributed by atoms with Gasteiger partial charge in [-0.1, -0.05) is 42.5 Å². The Morgan fingerprint density at radius 2 is 1.73 bits per heavy atom. The molecule has 0 fully saturated rings. The Kier molecular flexibility index (Phi) is 6.97. The molecule has 0 spiro atoms. The van der Waals surface area contributed by atoms with Crippen LogP contribution < -0.4 is 10.6 Å². The zero-order chi connectivity index (χ0) is 26.7. The largest absolute Gasteiger partial charge is 0.444 e. The molecule has 0 aromatic heterocycles. The highest BCUT2D eigenvalue weighted by atomic mass is 16.6. The molecular formula is C28H28N4O5. The molecule has 9 heteroatoms. The molecule has 1 aliphatic heterocycles. The van der Waals surface area contributed by atoms with Gasteiger partial charge in [0, 0.05) is 42.7 Å². The van der Waals surface area contributed by atoms with Gasteiger partial charge >= 0.3 is 6.09 Å². The van der Waals surface area contributed by atoms with E-state index in [0.717, 1.165) is 11.1 Å². The van der Waals surface area contributed by atoms with Crippen LogP contribution in [0, 0.1) is 10.1 Å². The molecule has 2 N–H and O–H groups in total. The zero-order valence-electron chi connectivity index (χ0n) is 21.1. The van der Waals surface area contributed by atoms with Crippen molar-refractivity contribution >= 4 is 40.3 Å². The van der Waals surface area contributed by atoms with Crippen molar-refractivity contribution in [3.63, 3.8) is 0 Å². The van der Waals surface area contributed by atoms with E-state index in [2.05, 4.69) is 10.6 Å². The van der Waals surface area contributed by atoms with Gasteiger partial charge in [-0.25, -0.2) is 4.79 Å². The number of hydrogen-bond donors (Lipinski definition) is 2. The summed E-state index contributed by atoms with van der Waals surface area (Å²) in [4.78, 5) is 37.7. The molecule has 2 amide bonds. The minimum Gasteiger partial charge on any atom is -0.444 e. The molecule has 1 aliphatic rings. The summed E-state index contributed by atoms with van der Waals surface area (Å²) in [6.45, 7) is 5.82. The normalized spacial score (nSPS) is 13.9. The van der Waals surface area contributed by atoms with Gasteiger partial charge in [0.25, 0.3) is 11.6 Å². The van der Waals surface area contributed by atoms with Crippen LogP contribution in [0.2, 0.25) is 0 Å². The van der Waals surface area contributed by atoms with Gasteiger partial charge in [0.15, 0.2) is 0 Å². The molecule has 0 aliphatic carbocycles. The monoisotopic (exact) mass is 500 g/mol. The summed E-state index contributed by atoms with van der Waals surface area (Å²) in [5.74, 6) is -0.350. The lowest BCUT2D eigenvalue weighted by atomic mass is 9.99. The lowest BCUT2D eigenvalue weighted by Gasteiger charge is -2.24. The molecule has 37 heavy (non-hydrogen) atoms. The Morgan fingerprint density at radius 1 is 1.05 bits per heavy atom. The van der Waals surface area contributed by atoms with E-state index in [1.807, 2.05) is 75.4 Å². The number of ether oxygens (including phenoxy) is 1. The Labute approximate surface area is 214 Å². The SMILES string of the molecule is CN(Cc1ccc(N/C(=C2\C(=O)Nc3ccc([N+](=O)[O-])cc32)c2ccccc2)cc1)C(=O)OC(C)(C)C. The van der Waals surface area contributed by atoms with Crippen LogP contribution in [0.4, 0.5) is 21.9 Å². The van der Waals surface area contributed by atoms with Gasteiger partial charge in [-0.2, -0.15) is 0 Å². The van der Waals surface area contributed by atoms with Crippen molar-refractivity contribution in [2.75, 3.05) is 17.7 Å². The van der Waals surface area contributed by atoms with Gasteiger partial charge in [0.1, 0.15) is 5.60 Å². The molecule has 9 nitrogen and oxygen atoms in total. The number of carbonyl (C=O) groups excluding carboxylic acids is 2. The predicted molar refractivity (Wildman–Crippen MR) is 143 cm³/mol. The predicted octanol–water partition coefficient (Wildman–Crippen LogP) is 5.89. The van der Waals surface area contributed by atoms with Crippen molar-refractivity contribution in [1.29, 1.82) is 0 Å². The van der Waals surface area contributed by atoms with Crippen molar-refractivity contribution in [2.24, 2.45) is 0 Å². The van der Waals surface area contributed by atoms with Crippen LogP contribution >= 0.6 is 0 Å². The third kappa shape index (κ3) is 5.95. The number of nitro benzene ring substituents is 1. The molecule has 0 saturated carbocycles. The molecule has 0 bridgehead atoms. The van der Waals surface area contributed by atoms with Crippen LogP contribution in [0.1, 0.15) is 37.5 Å². The quantitative estimate of drug-likeness (QED) is 0.248. The number of benzene rings is 3. The van der Waals surface area contributed by atoms with E-state index in [9.17, 15) is 19.7 Å².